The number of nitrogens with one attached hydrogen (secondary N) is 1. The molecule has 0 spiro atoms. The SMILES string of the molecule is Cc1ccc(NS(=O)(=O)c2ccc(C(=O)N(C)C3CCS(=O)(=O)C3)cc2)cc1C. The largest absolute Gasteiger partial charge is 0.338 e. The zero-order chi connectivity index (χ0) is 21.4. The van der Waals surface area contributed by atoms with Crippen molar-refractivity contribution >= 4 is 31.5 Å². The summed E-state index contributed by atoms with van der Waals surface area (Å²) in [6, 6.07) is 10.6. The number of sulfonamides is 1. The zero-order valence-electron chi connectivity index (χ0n) is 16.5. The van der Waals surface area contributed by atoms with Crippen LogP contribution in [0.3, 0.4) is 0 Å². The Morgan fingerprint density at radius 1 is 1.07 bits per heavy atom. The molecule has 7 nitrogen and oxygen atoms in total. The number of amides is 1. The van der Waals surface area contributed by atoms with Gasteiger partial charge in [0.25, 0.3) is 15.9 Å². The first-order chi connectivity index (χ1) is 13.5. The molecule has 1 unspecified atom stereocenters. The summed E-state index contributed by atoms with van der Waals surface area (Å²) in [7, 11) is -5.32. The molecule has 0 radical (unpaired) electrons. The highest BCUT2D eigenvalue weighted by molar-refractivity contribution is 7.92. The van der Waals surface area contributed by atoms with E-state index >= 15 is 0 Å². The van der Waals surface area contributed by atoms with Gasteiger partial charge in [-0.25, -0.2) is 16.8 Å². The maximum atomic E-state index is 12.6. The van der Waals surface area contributed by atoms with Crippen LogP contribution in [0.15, 0.2) is 47.4 Å². The molecule has 1 aliphatic heterocycles. The number of hydrogen-bond donors (Lipinski definition) is 1. The minimum absolute atomic E-state index is 0.0401. The molecule has 1 heterocycles. The fourth-order valence-corrected chi connectivity index (χ4v) is 6.07. The molecule has 9 heteroatoms. The van der Waals surface area contributed by atoms with Gasteiger partial charge in [0, 0.05) is 24.3 Å². The van der Waals surface area contributed by atoms with Gasteiger partial charge in [0.1, 0.15) is 0 Å². The Hall–Kier alpha value is -2.39. The van der Waals surface area contributed by atoms with Crippen molar-refractivity contribution in [1.29, 1.82) is 0 Å². The lowest BCUT2D eigenvalue weighted by molar-refractivity contribution is 0.0747. The average Bonchev–Trinajstić information content (AvgIpc) is 3.03. The fraction of sp³-hybridized carbons (Fsp3) is 0.350. The quantitative estimate of drug-likeness (QED) is 0.775. The summed E-state index contributed by atoms with van der Waals surface area (Å²) in [5.74, 6) is -0.295. The molecule has 3 rings (SSSR count). The second kappa shape index (κ2) is 7.79. The molecule has 29 heavy (non-hydrogen) atoms. The van der Waals surface area contributed by atoms with Crippen LogP contribution in [0.25, 0.3) is 0 Å². The van der Waals surface area contributed by atoms with Crippen LogP contribution in [0.1, 0.15) is 27.9 Å². The zero-order valence-corrected chi connectivity index (χ0v) is 18.2. The maximum Gasteiger partial charge on any atom is 0.261 e. The third-order valence-electron chi connectivity index (χ3n) is 5.25. The summed E-state index contributed by atoms with van der Waals surface area (Å²) < 4.78 is 51.1. The third kappa shape index (κ3) is 4.79. The molecule has 0 aliphatic carbocycles. The molecule has 156 valence electrons. The molecule has 1 amide bonds. The number of rotatable bonds is 5. The number of aryl methyl sites for hydroxylation is 2. The number of carbonyl (C=O) groups excluding carboxylic acids is 1. The molecule has 0 aromatic heterocycles. The van der Waals surface area contributed by atoms with Crippen LogP contribution in [0.5, 0.6) is 0 Å². The highest BCUT2D eigenvalue weighted by atomic mass is 32.2. The van der Waals surface area contributed by atoms with Gasteiger partial charge in [-0.15, -0.1) is 0 Å². The topological polar surface area (TPSA) is 101 Å². The smallest absolute Gasteiger partial charge is 0.261 e. The van der Waals surface area contributed by atoms with Gasteiger partial charge in [0.05, 0.1) is 16.4 Å². The number of anilines is 1. The van der Waals surface area contributed by atoms with Crippen LogP contribution in [-0.4, -0.2) is 52.2 Å². The molecule has 1 saturated heterocycles. The summed E-state index contributed by atoms with van der Waals surface area (Å²) in [6.07, 6.45) is 0.414. The molecule has 0 bridgehead atoms. The predicted octanol–water partition coefficient (Wildman–Crippen LogP) is 2.36. The van der Waals surface area contributed by atoms with Crippen LogP contribution >= 0.6 is 0 Å². The molecular formula is C20H24N2O5S2. The van der Waals surface area contributed by atoms with Crippen molar-refractivity contribution in [2.45, 2.75) is 31.2 Å². The molecule has 1 N–H and O–H groups in total. The Balaban J connectivity index is 1.74. The Labute approximate surface area is 171 Å². The number of nitrogens with zero attached hydrogens (tertiary/aromatic N) is 1. The van der Waals surface area contributed by atoms with Crippen LogP contribution in [0.4, 0.5) is 5.69 Å². The molecule has 0 saturated carbocycles. The molecule has 2 aromatic rings. The second-order valence-corrected chi connectivity index (χ2v) is 11.3. The Kier molecular flexibility index (Phi) is 5.73. The van der Waals surface area contributed by atoms with E-state index < -0.39 is 19.9 Å². The van der Waals surface area contributed by atoms with E-state index in [9.17, 15) is 21.6 Å². The van der Waals surface area contributed by atoms with Gasteiger partial charge in [-0.1, -0.05) is 6.07 Å². The van der Waals surface area contributed by atoms with Gasteiger partial charge in [-0.2, -0.15) is 0 Å². The van der Waals surface area contributed by atoms with Gasteiger partial charge < -0.3 is 4.90 Å². The van der Waals surface area contributed by atoms with Crippen LogP contribution in [-0.2, 0) is 19.9 Å². The Morgan fingerprint density at radius 3 is 2.28 bits per heavy atom. The Bertz CT molecular complexity index is 1140. The van der Waals surface area contributed by atoms with Crippen molar-refractivity contribution in [1.82, 2.24) is 4.90 Å². The lowest BCUT2D eigenvalue weighted by Crippen LogP contribution is -2.37. The summed E-state index contributed by atoms with van der Waals surface area (Å²) in [5, 5.41) is 0. The summed E-state index contributed by atoms with van der Waals surface area (Å²) >= 11 is 0. The minimum atomic E-state index is -3.79. The normalized spacial score (nSPS) is 18.4. The molecule has 1 aliphatic rings. The van der Waals surface area contributed by atoms with Gasteiger partial charge in [0.15, 0.2) is 9.84 Å². The first kappa shape index (κ1) is 21.3. The monoisotopic (exact) mass is 436 g/mol. The van der Waals surface area contributed by atoms with E-state index in [1.807, 2.05) is 19.9 Å². The molecular weight excluding hydrogens is 412 g/mol. The molecule has 2 aromatic carbocycles. The van der Waals surface area contributed by atoms with E-state index in [1.165, 1.54) is 29.2 Å². The standard InChI is InChI=1S/C20H24N2O5S2/c1-14-4-7-17(12-15(14)2)21-29(26,27)19-8-5-16(6-9-19)20(23)22(3)18-10-11-28(24,25)13-18/h4-9,12,18,21H,10-11,13H2,1-3H3. The maximum absolute atomic E-state index is 12.6. The number of hydrogen-bond acceptors (Lipinski definition) is 5. The lowest BCUT2D eigenvalue weighted by Gasteiger charge is -2.23. The first-order valence-electron chi connectivity index (χ1n) is 9.16. The van der Waals surface area contributed by atoms with Crippen molar-refractivity contribution in [3.05, 3.63) is 59.2 Å². The van der Waals surface area contributed by atoms with Crippen molar-refractivity contribution in [2.24, 2.45) is 0 Å². The third-order valence-corrected chi connectivity index (χ3v) is 8.39. The lowest BCUT2D eigenvalue weighted by atomic mass is 10.1. The number of sulfone groups is 1. The van der Waals surface area contributed by atoms with Crippen molar-refractivity contribution in [2.75, 3.05) is 23.3 Å². The van der Waals surface area contributed by atoms with E-state index in [0.29, 0.717) is 17.7 Å². The van der Waals surface area contributed by atoms with Crippen molar-refractivity contribution in [3.63, 3.8) is 0 Å². The predicted molar refractivity (Wildman–Crippen MR) is 112 cm³/mol. The summed E-state index contributed by atoms with van der Waals surface area (Å²) in [4.78, 5) is 14.1. The van der Waals surface area contributed by atoms with Gasteiger partial charge >= 0.3 is 0 Å². The van der Waals surface area contributed by atoms with Crippen LogP contribution in [0.2, 0.25) is 0 Å². The van der Waals surface area contributed by atoms with Crippen molar-refractivity contribution in [3.8, 4) is 0 Å². The van der Waals surface area contributed by atoms with E-state index in [1.54, 1.807) is 19.2 Å². The number of benzene rings is 2. The Morgan fingerprint density at radius 2 is 1.72 bits per heavy atom. The fourth-order valence-electron chi connectivity index (χ4n) is 3.25. The summed E-state index contributed by atoms with van der Waals surface area (Å²) in [6.45, 7) is 3.85. The van der Waals surface area contributed by atoms with Crippen LogP contribution in [0, 0.1) is 13.8 Å². The highest BCUT2D eigenvalue weighted by Gasteiger charge is 2.33. The minimum Gasteiger partial charge on any atom is -0.338 e. The van der Waals surface area contributed by atoms with E-state index in [0.717, 1.165) is 11.1 Å². The average molecular weight is 437 g/mol. The number of carbonyl (C=O) groups is 1. The summed E-state index contributed by atoms with van der Waals surface area (Å²) in [5.41, 5.74) is 2.82. The van der Waals surface area contributed by atoms with Gasteiger partial charge in [-0.05, 0) is 67.8 Å². The van der Waals surface area contributed by atoms with E-state index in [-0.39, 0.29) is 28.4 Å². The molecule has 1 atom stereocenters. The molecule has 1 fully saturated rings. The second-order valence-electron chi connectivity index (χ2n) is 7.40. The first-order valence-corrected chi connectivity index (χ1v) is 12.5. The van der Waals surface area contributed by atoms with Crippen LogP contribution < -0.4 is 4.72 Å². The van der Waals surface area contributed by atoms with E-state index in [4.69, 9.17) is 0 Å². The van der Waals surface area contributed by atoms with Gasteiger partial charge in [-0.3, -0.25) is 9.52 Å². The highest BCUT2D eigenvalue weighted by Crippen LogP contribution is 2.21. The van der Waals surface area contributed by atoms with E-state index in [2.05, 4.69) is 4.72 Å². The van der Waals surface area contributed by atoms with Crippen molar-refractivity contribution < 1.29 is 21.6 Å². The van der Waals surface area contributed by atoms with Gasteiger partial charge in [0.2, 0.25) is 0 Å².